The van der Waals surface area contributed by atoms with Gasteiger partial charge in [0.05, 0.1) is 11.1 Å². The van der Waals surface area contributed by atoms with Crippen LogP contribution in [0.25, 0.3) is 0 Å². The van der Waals surface area contributed by atoms with Gasteiger partial charge in [0, 0.05) is 0 Å². The van der Waals surface area contributed by atoms with E-state index < -0.39 is 11.9 Å². The summed E-state index contributed by atoms with van der Waals surface area (Å²) in [5, 5.41) is 20.3. The van der Waals surface area contributed by atoms with Crippen LogP contribution in [0.5, 0.6) is 0 Å². The van der Waals surface area contributed by atoms with Gasteiger partial charge in [-0.25, -0.2) is 9.59 Å². The molecule has 56 heavy (non-hydrogen) atoms. The molecule has 0 bridgehead atoms. The van der Waals surface area contributed by atoms with E-state index in [4.69, 9.17) is 0 Å². The smallest absolute Gasteiger partial charge is 0.336 e. The van der Waals surface area contributed by atoms with Gasteiger partial charge in [0.25, 0.3) is 0 Å². The van der Waals surface area contributed by atoms with Crippen LogP contribution in [-0.4, -0.2) is 22.2 Å². The van der Waals surface area contributed by atoms with E-state index in [2.05, 4.69) is 27.7 Å². The van der Waals surface area contributed by atoms with Crippen LogP contribution < -0.4 is 0 Å². The monoisotopic (exact) mass is 783 g/mol. The van der Waals surface area contributed by atoms with Gasteiger partial charge >= 0.3 is 11.9 Å². The van der Waals surface area contributed by atoms with Crippen molar-refractivity contribution < 1.29 is 19.8 Å². The average Bonchev–Trinajstić information content (AvgIpc) is 3.19. The molecule has 0 aromatic heterocycles. The minimum absolute atomic E-state index is 0.0395. The molecule has 0 amide bonds. The highest BCUT2D eigenvalue weighted by molar-refractivity contribution is 6.03. The number of carboxylic acids is 2. The molecule has 0 heterocycles. The number of benzene rings is 1. The average molecular weight is 783 g/mol. The second-order valence-corrected chi connectivity index (χ2v) is 17.9. The van der Waals surface area contributed by atoms with E-state index in [1.807, 2.05) is 6.07 Å². The Morgan fingerprint density at radius 1 is 0.411 bits per heavy atom. The van der Waals surface area contributed by atoms with Crippen LogP contribution in [0, 0.1) is 11.8 Å². The van der Waals surface area contributed by atoms with Crippen molar-refractivity contribution in [2.75, 3.05) is 0 Å². The van der Waals surface area contributed by atoms with Gasteiger partial charge in [0.1, 0.15) is 0 Å². The van der Waals surface area contributed by atoms with E-state index in [1.54, 1.807) is 6.07 Å². The van der Waals surface area contributed by atoms with E-state index in [0.717, 1.165) is 43.2 Å². The molecule has 0 aliphatic rings. The number of carboxylic acid groups (broad SMARTS) is 2. The standard InChI is InChI=1S/C52H94O4/c1-5-9-11-13-15-17-19-21-23-25-27-29-31-33-35-37-39-45(7-3)43-47-41-42-48(51(53)54)50(52(55)56)49(47)44-46(8-4)40-38-36-34-32-30-28-26-24-22-20-18-16-14-12-10-6-2/h41-42,45-46H,5-40,43-44H2,1-4H3,(H,53,54)(H,55,56). The molecule has 2 N–H and O–H groups in total. The lowest BCUT2D eigenvalue weighted by atomic mass is 9.82. The summed E-state index contributed by atoms with van der Waals surface area (Å²) in [6.45, 7) is 9.04. The molecule has 4 heteroatoms. The molecule has 0 radical (unpaired) electrons. The summed E-state index contributed by atoms with van der Waals surface area (Å²) >= 11 is 0. The lowest BCUT2D eigenvalue weighted by Gasteiger charge is -2.23. The van der Waals surface area contributed by atoms with Gasteiger partial charge in [-0.1, -0.05) is 265 Å². The number of hydrogen-bond donors (Lipinski definition) is 2. The van der Waals surface area contributed by atoms with Gasteiger partial charge in [0.15, 0.2) is 0 Å². The van der Waals surface area contributed by atoms with Crippen molar-refractivity contribution in [2.24, 2.45) is 11.8 Å². The molecule has 0 saturated carbocycles. The summed E-state index contributed by atoms with van der Waals surface area (Å²) < 4.78 is 0. The fourth-order valence-corrected chi connectivity index (χ4v) is 9.00. The molecule has 0 fully saturated rings. The largest absolute Gasteiger partial charge is 0.478 e. The molecular formula is C52H94O4. The van der Waals surface area contributed by atoms with Gasteiger partial charge in [-0.15, -0.1) is 0 Å². The van der Waals surface area contributed by atoms with Crippen molar-refractivity contribution in [2.45, 2.75) is 272 Å². The van der Waals surface area contributed by atoms with Gasteiger partial charge in [0.2, 0.25) is 0 Å². The Hall–Kier alpha value is -1.84. The van der Waals surface area contributed by atoms with Crippen molar-refractivity contribution in [3.63, 3.8) is 0 Å². The van der Waals surface area contributed by atoms with Crippen molar-refractivity contribution in [1.82, 2.24) is 0 Å². The van der Waals surface area contributed by atoms with Gasteiger partial charge in [-0.2, -0.15) is 0 Å². The molecule has 0 aliphatic carbocycles. The Balaban J connectivity index is 2.45. The summed E-state index contributed by atoms with van der Waals surface area (Å²) in [4.78, 5) is 24.8. The molecular weight excluding hydrogens is 689 g/mol. The summed E-state index contributed by atoms with van der Waals surface area (Å²) in [6.07, 6.45) is 49.6. The highest BCUT2D eigenvalue weighted by Gasteiger charge is 2.25. The topological polar surface area (TPSA) is 74.6 Å². The number of rotatable bonds is 42. The second kappa shape index (κ2) is 37.4. The lowest BCUT2D eigenvalue weighted by Crippen LogP contribution is -2.18. The Morgan fingerprint density at radius 3 is 1.00 bits per heavy atom. The first kappa shape index (κ1) is 52.2. The van der Waals surface area contributed by atoms with Gasteiger partial charge < -0.3 is 10.2 Å². The van der Waals surface area contributed by atoms with E-state index >= 15 is 0 Å². The van der Waals surface area contributed by atoms with Crippen LogP contribution >= 0.6 is 0 Å². The number of hydrogen-bond acceptors (Lipinski definition) is 2. The lowest BCUT2D eigenvalue weighted by molar-refractivity contribution is 0.0650. The van der Waals surface area contributed by atoms with Crippen molar-refractivity contribution in [3.05, 3.63) is 34.4 Å². The molecule has 326 valence electrons. The summed E-state index contributed by atoms with van der Waals surface area (Å²) in [5.41, 5.74) is 1.85. The van der Waals surface area contributed by atoms with Crippen LogP contribution in [-0.2, 0) is 12.8 Å². The summed E-state index contributed by atoms with van der Waals surface area (Å²) in [7, 11) is 0. The molecule has 2 atom stereocenters. The third-order valence-corrected chi connectivity index (χ3v) is 12.9. The van der Waals surface area contributed by atoms with Crippen molar-refractivity contribution >= 4 is 11.9 Å². The van der Waals surface area contributed by atoms with Crippen molar-refractivity contribution in [1.29, 1.82) is 0 Å². The maximum atomic E-state index is 12.6. The third kappa shape index (κ3) is 27.0. The van der Waals surface area contributed by atoms with E-state index in [1.165, 1.54) is 205 Å². The fourth-order valence-electron chi connectivity index (χ4n) is 9.00. The zero-order valence-electron chi connectivity index (χ0n) is 37.9. The molecule has 1 aromatic carbocycles. The van der Waals surface area contributed by atoms with Crippen LogP contribution in [0.3, 0.4) is 0 Å². The predicted molar refractivity (Wildman–Crippen MR) is 244 cm³/mol. The predicted octanol–water partition coefficient (Wildman–Crippen LogP) is 17.5. The maximum Gasteiger partial charge on any atom is 0.336 e. The van der Waals surface area contributed by atoms with E-state index in [0.29, 0.717) is 18.3 Å². The summed E-state index contributed by atoms with van der Waals surface area (Å²) in [5.74, 6) is -1.36. The number of carbonyl (C=O) groups is 2. The van der Waals surface area contributed by atoms with E-state index in [9.17, 15) is 19.8 Å². The van der Waals surface area contributed by atoms with Crippen LogP contribution in [0.2, 0.25) is 0 Å². The number of unbranched alkanes of at least 4 members (excludes halogenated alkanes) is 30. The Morgan fingerprint density at radius 2 is 0.714 bits per heavy atom. The quantitative estimate of drug-likeness (QED) is 0.0648. The molecule has 0 saturated heterocycles. The first-order valence-corrected chi connectivity index (χ1v) is 25.0. The minimum atomic E-state index is -1.14. The highest BCUT2D eigenvalue weighted by atomic mass is 16.4. The van der Waals surface area contributed by atoms with Crippen LogP contribution in [0.15, 0.2) is 12.1 Å². The third-order valence-electron chi connectivity index (χ3n) is 12.9. The summed E-state index contributed by atoms with van der Waals surface area (Å²) in [6, 6.07) is 3.51. The molecule has 0 spiro atoms. The molecule has 4 nitrogen and oxygen atoms in total. The SMILES string of the molecule is CCCCCCCCCCCCCCCCCCC(CC)Cc1ccc(C(=O)O)c(C(=O)O)c1CC(CC)CCCCCCCCCCCCCCCCCC. The Bertz CT molecular complexity index is 1060. The fraction of sp³-hybridized carbons (Fsp3) is 0.846. The zero-order valence-corrected chi connectivity index (χ0v) is 37.9. The molecule has 2 unspecified atom stereocenters. The second-order valence-electron chi connectivity index (χ2n) is 17.9. The van der Waals surface area contributed by atoms with Gasteiger partial charge in [-0.05, 0) is 41.9 Å². The maximum absolute atomic E-state index is 12.6. The van der Waals surface area contributed by atoms with E-state index in [-0.39, 0.29) is 11.1 Å². The Kier molecular flexibility index (Phi) is 34.9. The minimum Gasteiger partial charge on any atom is -0.478 e. The molecule has 1 aromatic rings. The molecule has 1 rings (SSSR count). The van der Waals surface area contributed by atoms with Crippen LogP contribution in [0.4, 0.5) is 0 Å². The highest BCUT2D eigenvalue weighted by Crippen LogP contribution is 2.31. The first-order chi connectivity index (χ1) is 27.4. The molecule has 0 aliphatic heterocycles. The zero-order chi connectivity index (χ0) is 40.9. The Labute approximate surface area is 348 Å². The van der Waals surface area contributed by atoms with Crippen molar-refractivity contribution in [3.8, 4) is 0 Å². The number of aromatic carboxylic acids is 2. The first-order valence-electron chi connectivity index (χ1n) is 25.0. The van der Waals surface area contributed by atoms with Crippen LogP contribution in [0.1, 0.15) is 291 Å². The van der Waals surface area contributed by atoms with Gasteiger partial charge in [-0.3, -0.25) is 0 Å². The normalized spacial score (nSPS) is 12.6.